The van der Waals surface area contributed by atoms with Crippen molar-refractivity contribution in [1.29, 1.82) is 0 Å². The van der Waals surface area contributed by atoms with Crippen molar-refractivity contribution in [2.75, 3.05) is 33.4 Å². The minimum absolute atomic E-state index is 0. The van der Waals surface area contributed by atoms with E-state index in [1.54, 1.807) is 0 Å². The third kappa shape index (κ3) is 4.11. The van der Waals surface area contributed by atoms with Crippen LogP contribution in [-0.4, -0.2) is 43.2 Å². The summed E-state index contributed by atoms with van der Waals surface area (Å²) in [5, 5.41) is 0. The third-order valence-corrected chi connectivity index (χ3v) is 2.07. The minimum Gasteiger partial charge on any atom is -0.292 e. The Balaban J connectivity index is 0.000001000. The van der Waals surface area contributed by atoms with Gasteiger partial charge in [-0.1, -0.05) is 13.3 Å². The zero-order valence-corrected chi connectivity index (χ0v) is 8.51. The maximum atomic E-state index is 2.52. The van der Waals surface area contributed by atoms with Gasteiger partial charge in [0.25, 0.3) is 0 Å². The van der Waals surface area contributed by atoms with Gasteiger partial charge in [0, 0.05) is 13.1 Å². The van der Waals surface area contributed by atoms with Crippen LogP contribution in [0.5, 0.6) is 0 Å². The Labute approximate surface area is 80.1 Å². The average Bonchev–Trinajstić information content (AvgIpc) is 2.31. The zero-order valence-electron chi connectivity index (χ0n) is 7.47. The summed E-state index contributed by atoms with van der Waals surface area (Å²) in [7, 11) is 2.19. The summed E-state index contributed by atoms with van der Waals surface area (Å²) < 4.78 is 0. The molecule has 67 valence electrons. The van der Waals surface area contributed by atoms with Crippen LogP contribution in [0.25, 0.3) is 0 Å². The van der Waals surface area contributed by atoms with E-state index in [1.165, 1.54) is 39.1 Å². The van der Waals surface area contributed by atoms with Crippen LogP contribution in [0.15, 0.2) is 0 Å². The van der Waals surface area contributed by atoms with Gasteiger partial charge in [0.15, 0.2) is 0 Å². The van der Waals surface area contributed by atoms with Gasteiger partial charge in [-0.2, -0.15) is 0 Å². The fourth-order valence-corrected chi connectivity index (χ4v) is 1.36. The number of unbranched alkanes of at least 4 members (excludes halogenated alkanes) is 1. The fourth-order valence-electron chi connectivity index (χ4n) is 1.36. The molecule has 1 aliphatic rings. The molecule has 0 aromatic rings. The summed E-state index contributed by atoms with van der Waals surface area (Å²) in [6, 6.07) is 0. The predicted molar refractivity (Wildman–Crippen MR) is 44.0 cm³/mol. The summed E-state index contributed by atoms with van der Waals surface area (Å²) in [6.07, 6.45) is 2.67. The molecule has 0 aliphatic carbocycles. The molecule has 0 atom stereocenters. The van der Waals surface area contributed by atoms with E-state index < -0.39 is 0 Å². The molecule has 1 radical (unpaired) electrons. The van der Waals surface area contributed by atoms with Crippen LogP contribution < -0.4 is 0 Å². The Bertz CT molecular complexity index is 98.1. The van der Waals surface area contributed by atoms with Crippen LogP contribution >= 0.6 is 0 Å². The summed E-state index contributed by atoms with van der Waals surface area (Å²) in [5.41, 5.74) is 0. The molecule has 0 spiro atoms. The van der Waals surface area contributed by atoms with Gasteiger partial charge in [-0.05, 0) is 20.0 Å². The number of likely N-dealkylation sites (N-methyl/N-ethyl adjacent to an activating group) is 1. The normalized spacial score (nSPS) is 20.2. The van der Waals surface area contributed by atoms with Crippen LogP contribution in [-0.2, 0) is 16.8 Å². The first-order chi connectivity index (χ1) is 4.83. The molecule has 0 bridgehead atoms. The summed E-state index contributed by atoms with van der Waals surface area (Å²) in [5.74, 6) is 0. The molecule has 1 saturated heterocycles. The standard InChI is InChI=1S/C8H18N2.Co/c1-3-4-5-10-7-6-9(2)8-10;/h3-8H2,1-2H3;/q;+2. The smallest absolute Gasteiger partial charge is 0.292 e. The molecule has 0 amide bonds. The minimum atomic E-state index is 0. The van der Waals surface area contributed by atoms with Crippen molar-refractivity contribution in [3.63, 3.8) is 0 Å². The molecule has 3 heteroatoms. The molecule has 1 rings (SSSR count). The summed E-state index contributed by atoms with van der Waals surface area (Å²) in [4.78, 5) is 4.89. The quantitative estimate of drug-likeness (QED) is 0.671. The van der Waals surface area contributed by atoms with Crippen molar-refractivity contribution in [1.82, 2.24) is 9.80 Å². The second kappa shape index (κ2) is 6.00. The van der Waals surface area contributed by atoms with Crippen molar-refractivity contribution >= 4 is 0 Å². The first kappa shape index (κ1) is 11.4. The van der Waals surface area contributed by atoms with Crippen LogP contribution in [0.1, 0.15) is 19.8 Å². The number of nitrogens with zero attached hydrogens (tertiary/aromatic N) is 2. The van der Waals surface area contributed by atoms with Crippen molar-refractivity contribution < 1.29 is 16.8 Å². The summed E-state index contributed by atoms with van der Waals surface area (Å²) >= 11 is 0. The van der Waals surface area contributed by atoms with E-state index in [9.17, 15) is 0 Å². The van der Waals surface area contributed by atoms with E-state index in [2.05, 4.69) is 23.8 Å². The first-order valence-electron chi connectivity index (χ1n) is 4.24. The zero-order chi connectivity index (χ0) is 7.40. The monoisotopic (exact) mass is 201 g/mol. The van der Waals surface area contributed by atoms with Crippen molar-refractivity contribution in [3.8, 4) is 0 Å². The topological polar surface area (TPSA) is 6.48 Å². The third-order valence-electron chi connectivity index (χ3n) is 2.07. The van der Waals surface area contributed by atoms with E-state index in [4.69, 9.17) is 0 Å². The Morgan fingerprint density at radius 3 is 2.45 bits per heavy atom. The van der Waals surface area contributed by atoms with Gasteiger partial charge in [-0.25, -0.2) is 0 Å². The van der Waals surface area contributed by atoms with Gasteiger partial charge in [0.1, 0.15) is 0 Å². The SMILES string of the molecule is CCCCN1CCN(C)C1.[Co+2]. The van der Waals surface area contributed by atoms with E-state index in [1.807, 2.05) is 0 Å². The second-order valence-corrected chi connectivity index (χ2v) is 3.19. The second-order valence-electron chi connectivity index (χ2n) is 3.19. The Kier molecular flexibility index (Phi) is 6.23. The van der Waals surface area contributed by atoms with Crippen LogP contribution in [0, 0.1) is 0 Å². The fraction of sp³-hybridized carbons (Fsp3) is 1.00. The predicted octanol–water partition coefficient (Wildman–Crippen LogP) is 0.989. The molecule has 1 heterocycles. The van der Waals surface area contributed by atoms with E-state index in [0.717, 1.165) is 0 Å². The van der Waals surface area contributed by atoms with Crippen molar-refractivity contribution in [3.05, 3.63) is 0 Å². The Morgan fingerprint density at radius 1 is 1.27 bits per heavy atom. The number of hydrogen-bond donors (Lipinski definition) is 0. The molecule has 0 aromatic heterocycles. The van der Waals surface area contributed by atoms with Gasteiger partial charge in [-0.3, -0.25) is 9.80 Å². The average molecular weight is 201 g/mol. The molecular weight excluding hydrogens is 183 g/mol. The molecule has 0 unspecified atom stereocenters. The Hall–Kier alpha value is 0.426. The number of hydrogen-bond acceptors (Lipinski definition) is 2. The molecule has 0 N–H and O–H groups in total. The molecular formula is C8H18CoN2+2. The van der Waals surface area contributed by atoms with E-state index in [0.29, 0.717) is 0 Å². The number of rotatable bonds is 3. The van der Waals surface area contributed by atoms with E-state index in [-0.39, 0.29) is 16.8 Å². The van der Waals surface area contributed by atoms with Crippen LogP contribution in [0.3, 0.4) is 0 Å². The van der Waals surface area contributed by atoms with Gasteiger partial charge < -0.3 is 0 Å². The van der Waals surface area contributed by atoms with Gasteiger partial charge in [-0.15, -0.1) is 0 Å². The van der Waals surface area contributed by atoms with Gasteiger partial charge in [0.05, 0.1) is 6.67 Å². The summed E-state index contributed by atoms with van der Waals surface area (Å²) in [6.45, 7) is 7.25. The molecule has 0 aromatic carbocycles. The maximum Gasteiger partial charge on any atom is 2.00 e. The van der Waals surface area contributed by atoms with Crippen LogP contribution in [0.2, 0.25) is 0 Å². The van der Waals surface area contributed by atoms with Crippen molar-refractivity contribution in [2.24, 2.45) is 0 Å². The molecule has 1 fully saturated rings. The van der Waals surface area contributed by atoms with Gasteiger partial charge >= 0.3 is 16.8 Å². The first-order valence-corrected chi connectivity index (χ1v) is 4.24. The van der Waals surface area contributed by atoms with Gasteiger partial charge in [0.2, 0.25) is 0 Å². The molecule has 2 nitrogen and oxygen atoms in total. The molecule has 11 heavy (non-hydrogen) atoms. The maximum absolute atomic E-state index is 2.52. The molecule has 1 aliphatic heterocycles. The molecule has 0 saturated carbocycles. The van der Waals surface area contributed by atoms with Crippen molar-refractivity contribution in [2.45, 2.75) is 19.8 Å². The Morgan fingerprint density at radius 2 is 2.00 bits per heavy atom. The van der Waals surface area contributed by atoms with Crippen LogP contribution in [0.4, 0.5) is 0 Å². The van der Waals surface area contributed by atoms with E-state index >= 15 is 0 Å². The largest absolute Gasteiger partial charge is 2.00 e.